The van der Waals surface area contributed by atoms with Gasteiger partial charge in [-0.05, 0) is 20.3 Å². The van der Waals surface area contributed by atoms with Crippen LogP contribution >= 0.6 is 0 Å². The Morgan fingerprint density at radius 2 is 2.00 bits per heavy atom. The second kappa shape index (κ2) is 7.52. The summed E-state index contributed by atoms with van der Waals surface area (Å²) in [7, 11) is 0. The molecule has 1 aromatic rings. The first kappa shape index (κ1) is 15.2. The summed E-state index contributed by atoms with van der Waals surface area (Å²) in [6, 6.07) is 1.40. The standard InChI is InChI=1S/C14H28N4/c1-6-7-8-13(17-11(2)3)9-14-15-10-16-18(14)12(4)5/h10-13,17H,6-9H2,1-5H3. The molecule has 0 bridgehead atoms. The van der Waals surface area contributed by atoms with Crippen LogP contribution in [0.4, 0.5) is 0 Å². The number of unbranched alkanes of at least 4 members (excludes halogenated alkanes) is 1. The van der Waals surface area contributed by atoms with Crippen LogP contribution in [0.2, 0.25) is 0 Å². The fourth-order valence-corrected chi connectivity index (χ4v) is 2.24. The molecule has 104 valence electrons. The largest absolute Gasteiger partial charge is 0.311 e. The third-order valence-corrected chi connectivity index (χ3v) is 3.04. The van der Waals surface area contributed by atoms with E-state index in [-0.39, 0.29) is 0 Å². The zero-order valence-corrected chi connectivity index (χ0v) is 12.5. The number of hydrogen-bond acceptors (Lipinski definition) is 3. The Bertz CT molecular complexity index is 330. The highest BCUT2D eigenvalue weighted by Gasteiger charge is 2.15. The van der Waals surface area contributed by atoms with Crippen LogP contribution in [0.1, 0.15) is 65.7 Å². The summed E-state index contributed by atoms with van der Waals surface area (Å²) in [5, 5.41) is 7.94. The average Bonchev–Trinajstić information content (AvgIpc) is 2.73. The third kappa shape index (κ3) is 4.77. The van der Waals surface area contributed by atoms with Crippen LogP contribution < -0.4 is 5.32 Å². The minimum atomic E-state index is 0.383. The van der Waals surface area contributed by atoms with Gasteiger partial charge in [0.05, 0.1) is 0 Å². The SMILES string of the molecule is CCCCC(Cc1ncnn1C(C)C)NC(C)C. The quantitative estimate of drug-likeness (QED) is 0.773. The summed E-state index contributed by atoms with van der Waals surface area (Å²) >= 11 is 0. The topological polar surface area (TPSA) is 42.7 Å². The van der Waals surface area contributed by atoms with Crippen molar-refractivity contribution in [3.8, 4) is 0 Å². The second-order valence-corrected chi connectivity index (χ2v) is 5.58. The molecule has 1 aromatic heterocycles. The van der Waals surface area contributed by atoms with Gasteiger partial charge in [-0.2, -0.15) is 5.10 Å². The lowest BCUT2D eigenvalue weighted by Crippen LogP contribution is -2.37. The zero-order valence-electron chi connectivity index (χ0n) is 12.5. The molecule has 4 nitrogen and oxygen atoms in total. The monoisotopic (exact) mass is 252 g/mol. The van der Waals surface area contributed by atoms with Crippen molar-refractivity contribution in [2.24, 2.45) is 0 Å². The van der Waals surface area contributed by atoms with Crippen LogP contribution in [-0.2, 0) is 6.42 Å². The number of hydrogen-bond donors (Lipinski definition) is 1. The van der Waals surface area contributed by atoms with Gasteiger partial charge in [0.15, 0.2) is 0 Å². The molecular formula is C14H28N4. The van der Waals surface area contributed by atoms with Gasteiger partial charge in [0, 0.05) is 24.5 Å². The van der Waals surface area contributed by atoms with E-state index in [1.54, 1.807) is 6.33 Å². The Morgan fingerprint density at radius 3 is 2.56 bits per heavy atom. The van der Waals surface area contributed by atoms with Crippen molar-refractivity contribution < 1.29 is 0 Å². The molecule has 0 aromatic carbocycles. The van der Waals surface area contributed by atoms with Crippen LogP contribution in [0, 0.1) is 0 Å². The van der Waals surface area contributed by atoms with E-state index in [0.29, 0.717) is 18.1 Å². The Morgan fingerprint density at radius 1 is 1.28 bits per heavy atom. The van der Waals surface area contributed by atoms with Crippen LogP contribution in [0.3, 0.4) is 0 Å². The minimum Gasteiger partial charge on any atom is -0.311 e. The first-order valence-electron chi connectivity index (χ1n) is 7.19. The molecule has 0 saturated carbocycles. The van der Waals surface area contributed by atoms with Gasteiger partial charge in [-0.25, -0.2) is 9.67 Å². The highest BCUT2D eigenvalue weighted by atomic mass is 15.3. The molecule has 0 aliphatic rings. The lowest BCUT2D eigenvalue weighted by atomic mass is 10.1. The molecule has 0 amide bonds. The summed E-state index contributed by atoms with van der Waals surface area (Å²) in [5.74, 6) is 1.10. The fraction of sp³-hybridized carbons (Fsp3) is 0.857. The lowest BCUT2D eigenvalue weighted by molar-refractivity contribution is 0.402. The summed E-state index contributed by atoms with van der Waals surface area (Å²) in [4.78, 5) is 4.40. The van der Waals surface area contributed by atoms with E-state index < -0.39 is 0 Å². The van der Waals surface area contributed by atoms with Crippen LogP contribution in [0.15, 0.2) is 6.33 Å². The molecule has 0 spiro atoms. The maximum Gasteiger partial charge on any atom is 0.138 e. The van der Waals surface area contributed by atoms with Crippen molar-refractivity contribution in [3.63, 3.8) is 0 Å². The maximum absolute atomic E-state index is 4.40. The average molecular weight is 252 g/mol. The molecule has 1 unspecified atom stereocenters. The fourth-order valence-electron chi connectivity index (χ4n) is 2.24. The van der Waals surface area contributed by atoms with E-state index in [9.17, 15) is 0 Å². The van der Waals surface area contributed by atoms with Crippen LogP contribution in [0.25, 0.3) is 0 Å². The number of nitrogens with one attached hydrogen (secondary N) is 1. The highest BCUT2D eigenvalue weighted by molar-refractivity contribution is 4.91. The molecule has 1 rings (SSSR count). The van der Waals surface area contributed by atoms with E-state index >= 15 is 0 Å². The molecule has 18 heavy (non-hydrogen) atoms. The molecule has 0 saturated heterocycles. The molecule has 4 heteroatoms. The van der Waals surface area contributed by atoms with E-state index in [4.69, 9.17) is 0 Å². The summed E-state index contributed by atoms with van der Waals surface area (Å²) in [6.07, 6.45) is 6.35. The van der Waals surface area contributed by atoms with Crippen molar-refractivity contribution in [2.75, 3.05) is 0 Å². The predicted molar refractivity (Wildman–Crippen MR) is 75.7 cm³/mol. The van der Waals surface area contributed by atoms with Gasteiger partial charge in [0.2, 0.25) is 0 Å². The number of nitrogens with zero attached hydrogens (tertiary/aromatic N) is 3. The number of aromatic nitrogens is 3. The van der Waals surface area contributed by atoms with E-state index in [1.807, 2.05) is 4.68 Å². The molecule has 0 aliphatic heterocycles. The van der Waals surface area contributed by atoms with E-state index in [0.717, 1.165) is 12.2 Å². The minimum absolute atomic E-state index is 0.383. The normalized spacial score (nSPS) is 13.5. The second-order valence-electron chi connectivity index (χ2n) is 5.58. The van der Waals surface area contributed by atoms with Crippen molar-refractivity contribution in [1.29, 1.82) is 0 Å². The first-order valence-corrected chi connectivity index (χ1v) is 7.19. The summed E-state index contributed by atoms with van der Waals surface area (Å²) in [5.41, 5.74) is 0. The van der Waals surface area contributed by atoms with E-state index in [1.165, 1.54) is 19.3 Å². The Balaban J connectivity index is 2.65. The van der Waals surface area contributed by atoms with Gasteiger partial charge in [-0.3, -0.25) is 0 Å². The highest BCUT2D eigenvalue weighted by Crippen LogP contribution is 2.11. The Labute approximate surface area is 111 Å². The van der Waals surface area contributed by atoms with Crippen molar-refractivity contribution in [1.82, 2.24) is 20.1 Å². The Hall–Kier alpha value is -0.900. The van der Waals surface area contributed by atoms with Gasteiger partial charge in [0.1, 0.15) is 12.2 Å². The molecule has 1 N–H and O–H groups in total. The molecule has 0 radical (unpaired) electrons. The third-order valence-electron chi connectivity index (χ3n) is 3.04. The van der Waals surface area contributed by atoms with Gasteiger partial charge in [0.25, 0.3) is 0 Å². The first-order chi connectivity index (χ1) is 8.54. The van der Waals surface area contributed by atoms with Crippen LogP contribution in [-0.4, -0.2) is 26.8 Å². The maximum atomic E-state index is 4.40. The zero-order chi connectivity index (χ0) is 13.5. The van der Waals surface area contributed by atoms with Crippen molar-refractivity contribution in [3.05, 3.63) is 12.2 Å². The smallest absolute Gasteiger partial charge is 0.138 e. The molecule has 1 atom stereocenters. The van der Waals surface area contributed by atoms with Gasteiger partial charge in [-0.15, -0.1) is 0 Å². The number of rotatable bonds is 8. The molecule has 0 fully saturated rings. The molecule has 1 heterocycles. The van der Waals surface area contributed by atoms with Gasteiger partial charge >= 0.3 is 0 Å². The Kier molecular flexibility index (Phi) is 6.33. The summed E-state index contributed by atoms with van der Waals surface area (Å²) in [6.45, 7) is 10.9. The summed E-state index contributed by atoms with van der Waals surface area (Å²) < 4.78 is 2.03. The van der Waals surface area contributed by atoms with Crippen molar-refractivity contribution >= 4 is 0 Å². The predicted octanol–water partition coefficient (Wildman–Crippen LogP) is 2.96. The van der Waals surface area contributed by atoms with E-state index in [2.05, 4.69) is 50.0 Å². The molecule has 0 aliphatic carbocycles. The van der Waals surface area contributed by atoms with Gasteiger partial charge < -0.3 is 5.32 Å². The molecular weight excluding hydrogens is 224 g/mol. The lowest BCUT2D eigenvalue weighted by Gasteiger charge is -2.21. The van der Waals surface area contributed by atoms with Gasteiger partial charge in [-0.1, -0.05) is 33.6 Å². The van der Waals surface area contributed by atoms with Crippen molar-refractivity contribution in [2.45, 2.75) is 78.4 Å². The van der Waals surface area contributed by atoms with Crippen LogP contribution in [0.5, 0.6) is 0 Å².